The highest BCUT2D eigenvalue weighted by atomic mass is 16.5. The van der Waals surface area contributed by atoms with Crippen LogP contribution in [0.4, 0.5) is 0 Å². The van der Waals surface area contributed by atoms with Crippen molar-refractivity contribution in [2.45, 2.75) is 31.2 Å². The summed E-state index contributed by atoms with van der Waals surface area (Å²) >= 11 is 0. The van der Waals surface area contributed by atoms with Crippen molar-refractivity contribution in [2.24, 2.45) is 5.73 Å². The van der Waals surface area contributed by atoms with Crippen molar-refractivity contribution < 1.29 is 19.4 Å². The van der Waals surface area contributed by atoms with Gasteiger partial charge in [-0.1, -0.05) is 12.1 Å². The van der Waals surface area contributed by atoms with Crippen molar-refractivity contribution in [3.05, 3.63) is 76.2 Å². The molecule has 0 amide bonds. The van der Waals surface area contributed by atoms with Crippen molar-refractivity contribution in [3.63, 3.8) is 0 Å². The monoisotopic (exact) mass is 407 g/mol. The molecule has 0 saturated carbocycles. The van der Waals surface area contributed by atoms with E-state index in [9.17, 15) is 15.0 Å². The van der Waals surface area contributed by atoms with E-state index in [1.54, 1.807) is 24.3 Å². The Morgan fingerprint density at radius 1 is 1.03 bits per heavy atom. The van der Waals surface area contributed by atoms with Crippen molar-refractivity contribution in [1.82, 2.24) is 0 Å². The Morgan fingerprint density at radius 2 is 1.87 bits per heavy atom. The maximum atomic E-state index is 13.0. The van der Waals surface area contributed by atoms with E-state index < -0.39 is 5.54 Å². The maximum absolute atomic E-state index is 13.0. The van der Waals surface area contributed by atoms with Gasteiger partial charge >= 0.3 is 0 Å². The van der Waals surface area contributed by atoms with Gasteiger partial charge in [0.1, 0.15) is 22.7 Å². The van der Waals surface area contributed by atoms with Gasteiger partial charge in [-0.15, -0.1) is 0 Å². The number of allylic oxidation sites excluding steroid dienone is 3. The van der Waals surface area contributed by atoms with Gasteiger partial charge in [0, 0.05) is 0 Å². The highest BCUT2D eigenvalue weighted by Crippen LogP contribution is 2.26. The first-order valence-corrected chi connectivity index (χ1v) is 10.1. The van der Waals surface area contributed by atoms with E-state index in [0.717, 1.165) is 24.2 Å². The largest absolute Gasteiger partial charge is 0.458 e. The van der Waals surface area contributed by atoms with Crippen LogP contribution in [0.2, 0.25) is 0 Å². The van der Waals surface area contributed by atoms with E-state index >= 15 is 0 Å². The van der Waals surface area contributed by atoms with Gasteiger partial charge < -0.3 is 25.1 Å². The first-order chi connectivity index (χ1) is 14.5. The Labute approximate surface area is 173 Å². The number of nitrogens with two attached hydrogens (primary N) is 1. The van der Waals surface area contributed by atoms with E-state index in [1.165, 1.54) is 0 Å². The molecule has 1 heterocycles. The van der Waals surface area contributed by atoms with Gasteiger partial charge in [0.05, 0.1) is 29.5 Å². The second-order valence-corrected chi connectivity index (χ2v) is 7.79. The minimum Gasteiger partial charge on any atom is -0.458 e. The number of aliphatic hydroxyl groups is 2. The molecule has 3 aromatic rings. The number of rotatable bonds is 7. The zero-order valence-corrected chi connectivity index (χ0v) is 16.6. The summed E-state index contributed by atoms with van der Waals surface area (Å²) in [6.45, 7) is -0.595. The van der Waals surface area contributed by atoms with Crippen LogP contribution >= 0.6 is 0 Å². The lowest BCUT2D eigenvalue weighted by atomic mass is 9.93. The predicted octanol–water partition coefficient (Wildman–Crippen LogP) is 3.17. The number of aryl methyl sites for hydroxylation is 1. The molecule has 4 rings (SSSR count). The van der Waals surface area contributed by atoms with Gasteiger partial charge in [0.2, 0.25) is 5.43 Å². The van der Waals surface area contributed by atoms with Gasteiger partial charge in [-0.05, 0) is 73.7 Å². The molecule has 0 saturated heterocycles. The summed E-state index contributed by atoms with van der Waals surface area (Å²) in [5.74, 6) is 1.37. The topological polar surface area (TPSA) is 106 Å². The van der Waals surface area contributed by atoms with Crippen LogP contribution in [-0.2, 0) is 6.42 Å². The van der Waals surface area contributed by atoms with Crippen molar-refractivity contribution in [2.75, 3.05) is 13.2 Å². The summed E-state index contributed by atoms with van der Waals surface area (Å²) in [7, 11) is 0. The van der Waals surface area contributed by atoms with Gasteiger partial charge in [-0.25, -0.2) is 0 Å². The molecule has 30 heavy (non-hydrogen) atoms. The third kappa shape index (κ3) is 4.16. The van der Waals surface area contributed by atoms with E-state index in [4.69, 9.17) is 14.9 Å². The zero-order valence-electron chi connectivity index (χ0n) is 16.6. The van der Waals surface area contributed by atoms with Crippen LogP contribution in [0.3, 0.4) is 0 Å². The number of hydrogen-bond acceptors (Lipinski definition) is 6. The number of fused-ring (bicyclic) bond motifs is 2. The molecule has 156 valence electrons. The quantitative estimate of drug-likeness (QED) is 0.520. The molecular formula is C24H25NO5. The molecule has 0 fully saturated rings. The van der Waals surface area contributed by atoms with Crippen molar-refractivity contribution in [1.29, 1.82) is 0 Å². The van der Waals surface area contributed by atoms with Crippen molar-refractivity contribution in [3.8, 4) is 5.75 Å². The SMILES string of the molecule is NC(CO)(CO)CCc1ccc2c(=O)c3cc(OC4=CCCC=C4)ccc3oc2c1. The molecular weight excluding hydrogens is 382 g/mol. The molecule has 4 N–H and O–H groups in total. The van der Waals surface area contributed by atoms with Gasteiger partial charge in [0.15, 0.2) is 0 Å². The summed E-state index contributed by atoms with van der Waals surface area (Å²) in [5.41, 5.74) is 6.70. The highest BCUT2D eigenvalue weighted by Gasteiger charge is 2.22. The predicted molar refractivity (Wildman–Crippen MR) is 116 cm³/mol. The number of benzene rings is 2. The molecule has 0 aliphatic heterocycles. The lowest BCUT2D eigenvalue weighted by Crippen LogP contribution is -2.47. The second kappa shape index (κ2) is 8.44. The standard InChI is InChI=1S/C24H25NO5/c25-24(14-26,15-27)11-10-16-6-8-19-22(12-16)30-21-9-7-18(13-20(21)23(19)28)29-17-4-2-1-3-5-17/h2,4-9,12-13,26-27H,1,3,10-11,14-15,25H2. The fraction of sp³-hybridized carbons (Fsp3) is 0.292. The molecule has 1 aliphatic carbocycles. The molecule has 0 atom stereocenters. The smallest absolute Gasteiger partial charge is 0.200 e. The summed E-state index contributed by atoms with van der Waals surface area (Å²) in [4.78, 5) is 13.0. The summed E-state index contributed by atoms with van der Waals surface area (Å²) in [6.07, 6.45) is 8.93. The molecule has 0 radical (unpaired) electrons. The van der Waals surface area contributed by atoms with Crippen LogP contribution in [0, 0.1) is 0 Å². The maximum Gasteiger partial charge on any atom is 0.200 e. The summed E-state index contributed by atoms with van der Waals surface area (Å²) in [5, 5.41) is 19.7. The van der Waals surface area contributed by atoms with E-state index in [0.29, 0.717) is 40.5 Å². The number of ether oxygens (including phenoxy) is 1. The zero-order chi connectivity index (χ0) is 21.1. The Morgan fingerprint density at radius 3 is 2.60 bits per heavy atom. The second-order valence-electron chi connectivity index (χ2n) is 7.79. The van der Waals surface area contributed by atoms with E-state index in [2.05, 4.69) is 6.08 Å². The van der Waals surface area contributed by atoms with Crippen LogP contribution in [0.25, 0.3) is 21.9 Å². The van der Waals surface area contributed by atoms with Crippen LogP contribution in [-0.4, -0.2) is 29.0 Å². The molecule has 0 bridgehead atoms. The summed E-state index contributed by atoms with van der Waals surface area (Å²) in [6, 6.07) is 10.6. The Kier molecular flexibility index (Phi) is 5.72. The molecule has 6 heteroatoms. The Hall–Kier alpha value is -2.93. The van der Waals surface area contributed by atoms with Gasteiger partial charge in [-0.2, -0.15) is 0 Å². The van der Waals surface area contributed by atoms with Crippen molar-refractivity contribution >= 4 is 21.9 Å². The Balaban J connectivity index is 1.65. The highest BCUT2D eigenvalue weighted by molar-refractivity contribution is 5.90. The molecule has 6 nitrogen and oxygen atoms in total. The third-order valence-electron chi connectivity index (χ3n) is 5.44. The molecule has 1 aromatic heterocycles. The van der Waals surface area contributed by atoms with Crippen LogP contribution in [0.15, 0.2) is 69.6 Å². The fourth-order valence-corrected chi connectivity index (χ4v) is 3.50. The Bertz CT molecular complexity index is 1190. The van der Waals surface area contributed by atoms with Gasteiger partial charge in [-0.3, -0.25) is 4.79 Å². The minimum atomic E-state index is -1.03. The summed E-state index contributed by atoms with van der Waals surface area (Å²) < 4.78 is 11.9. The molecule has 1 aliphatic rings. The molecule has 0 spiro atoms. The van der Waals surface area contributed by atoms with Gasteiger partial charge in [0.25, 0.3) is 0 Å². The van der Waals surface area contributed by atoms with Crippen LogP contribution < -0.4 is 15.9 Å². The number of aliphatic hydroxyl groups excluding tert-OH is 2. The lowest BCUT2D eigenvalue weighted by Gasteiger charge is -2.24. The third-order valence-corrected chi connectivity index (χ3v) is 5.44. The average molecular weight is 407 g/mol. The van der Waals surface area contributed by atoms with Crippen LogP contribution in [0.1, 0.15) is 24.8 Å². The number of hydrogen-bond donors (Lipinski definition) is 3. The minimum absolute atomic E-state index is 0.115. The first-order valence-electron chi connectivity index (χ1n) is 10.1. The molecule has 2 aromatic carbocycles. The normalized spacial score (nSPS) is 14.3. The fourth-order valence-electron chi connectivity index (χ4n) is 3.50. The first kappa shape index (κ1) is 20.3. The molecule has 0 unspecified atom stereocenters. The van der Waals surface area contributed by atoms with E-state index in [1.807, 2.05) is 24.3 Å². The van der Waals surface area contributed by atoms with E-state index in [-0.39, 0.29) is 18.6 Å². The lowest BCUT2D eigenvalue weighted by molar-refractivity contribution is 0.115. The average Bonchev–Trinajstić information content (AvgIpc) is 2.78. The van der Waals surface area contributed by atoms with Crippen LogP contribution in [0.5, 0.6) is 5.75 Å².